The second-order valence-electron chi connectivity index (χ2n) is 5.59. The van der Waals surface area contributed by atoms with E-state index in [2.05, 4.69) is 13.8 Å². The number of hydrogen-bond donors (Lipinski definition) is 1. The lowest BCUT2D eigenvalue weighted by Gasteiger charge is -2.45. The van der Waals surface area contributed by atoms with Crippen LogP contribution in [0.1, 0.15) is 42.6 Å². The van der Waals surface area contributed by atoms with Crippen LogP contribution in [0.3, 0.4) is 0 Å². The van der Waals surface area contributed by atoms with Gasteiger partial charge in [0.05, 0.1) is 0 Å². The Labute approximate surface area is 103 Å². The number of nitrogens with zero attached hydrogens (tertiary/aromatic N) is 1. The molecule has 0 bridgehead atoms. The van der Waals surface area contributed by atoms with Crippen LogP contribution in [0, 0.1) is 0 Å². The van der Waals surface area contributed by atoms with Crippen LogP contribution in [-0.2, 0) is 0 Å². The number of carbonyl (C=O) groups excluding carboxylic acids is 1. The molecule has 1 aliphatic rings. The summed E-state index contributed by atoms with van der Waals surface area (Å²) in [5.41, 5.74) is 7.71. The fraction of sp³-hybridized carbons (Fsp3) is 0.500. The lowest BCUT2D eigenvalue weighted by Crippen LogP contribution is -2.66. The third kappa shape index (κ3) is 2.50. The van der Waals surface area contributed by atoms with E-state index in [4.69, 9.17) is 5.73 Å². The fourth-order valence-electron chi connectivity index (χ4n) is 2.16. The van der Waals surface area contributed by atoms with Crippen LogP contribution in [0.2, 0.25) is 0 Å². The predicted molar refractivity (Wildman–Crippen MR) is 69.0 cm³/mol. The second-order valence-corrected chi connectivity index (χ2v) is 5.59. The molecule has 17 heavy (non-hydrogen) atoms. The van der Waals surface area contributed by atoms with E-state index in [1.165, 1.54) is 5.56 Å². The molecule has 1 aromatic carbocycles. The van der Waals surface area contributed by atoms with Gasteiger partial charge in [-0.25, -0.2) is 0 Å². The number of benzene rings is 1. The molecule has 0 radical (unpaired) electrons. The van der Waals surface area contributed by atoms with Gasteiger partial charge in [0.1, 0.15) is 0 Å². The summed E-state index contributed by atoms with van der Waals surface area (Å²) in [6.45, 7) is 7.56. The number of carbonyl (C=O) groups is 1. The molecule has 2 rings (SSSR count). The van der Waals surface area contributed by atoms with Crippen molar-refractivity contribution < 1.29 is 4.79 Å². The molecule has 0 aliphatic carbocycles. The summed E-state index contributed by atoms with van der Waals surface area (Å²) >= 11 is 0. The normalized spacial score (nSPS) is 18.1. The van der Waals surface area contributed by atoms with Crippen LogP contribution in [-0.4, -0.2) is 29.4 Å². The maximum Gasteiger partial charge on any atom is 0.253 e. The first kappa shape index (κ1) is 12.1. The van der Waals surface area contributed by atoms with Gasteiger partial charge in [-0.2, -0.15) is 0 Å². The zero-order chi connectivity index (χ0) is 12.6. The van der Waals surface area contributed by atoms with Crippen molar-refractivity contribution in [1.82, 2.24) is 4.90 Å². The minimum Gasteiger partial charge on any atom is -0.335 e. The van der Waals surface area contributed by atoms with E-state index in [1.54, 1.807) is 4.90 Å². The Morgan fingerprint density at radius 2 is 1.82 bits per heavy atom. The molecule has 0 spiro atoms. The summed E-state index contributed by atoms with van der Waals surface area (Å²) < 4.78 is 0. The molecule has 1 heterocycles. The van der Waals surface area contributed by atoms with Crippen molar-refractivity contribution in [3.63, 3.8) is 0 Å². The first-order valence-corrected chi connectivity index (χ1v) is 6.07. The Bertz CT molecular complexity index is 412. The summed E-state index contributed by atoms with van der Waals surface area (Å²) in [5, 5.41) is 0. The Morgan fingerprint density at radius 1 is 1.29 bits per heavy atom. The summed E-state index contributed by atoms with van der Waals surface area (Å²) in [6.07, 6.45) is 0. The van der Waals surface area contributed by atoms with Gasteiger partial charge in [0.2, 0.25) is 0 Å². The molecule has 1 aromatic rings. The SMILES string of the molecule is CC(C)c1ccc(C(=O)N2CC(C)(N)C2)cc1. The van der Waals surface area contributed by atoms with Gasteiger partial charge in [0.25, 0.3) is 5.91 Å². The topological polar surface area (TPSA) is 46.3 Å². The highest BCUT2D eigenvalue weighted by molar-refractivity contribution is 5.95. The van der Waals surface area contributed by atoms with Crippen molar-refractivity contribution in [2.24, 2.45) is 5.73 Å². The van der Waals surface area contributed by atoms with E-state index in [-0.39, 0.29) is 11.4 Å². The van der Waals surface area contributed by atoms with E-state index in [0.717, 1.165) is 5.56 Å². The predicted octanol–water partition coefficient (Wildman–Crippen LogP) is 1.98. The largest absolute Gasteiger partial charge is 0.335 e. The number of hydrogen-bond acceptors (Lipinski definition) is 2. The fourth-order valence-corrected chi connectivity index (χ4v) is 2.16. The van der Waals surface area contributed by atoms with E-state index in [1.807, 2.05) is 31.2 Å². The van der Waals surface area contributed by atoms with Crippen LogP contribution in [0.4, 0.5) is 0 Å². The second kappa shape index (κ2) is 4.15. The molecule has 1 aliphatic heterocycles. The molecular weight excluding hydrogens is 212 g/mol. The Morgan fingerprint density at radius 3 is 2.24 bits per heavy atom. The zero-order valence-corrected chi connectivity index (χ0v) is 10.7. The van der Waals surface area contributed by atoms with E-state index >= 15 is 0 Å². The van der Waals surface area contributed by atoms with Crippen LogP contribution >= 0.6 is 0 Å². The van der Waals surface area contributed by atoms with Crippen molar-refractivity contribution >= 4 is 5.91 Å². The van der Waals surface area contributed by atoms with Crippen molar-refractivity contribution in [1.29, 1.82) is 0 Å². The van der Waals surface area contributed by atoms with Crippen molar-refractivity contribution in [3.8, 4) is 0 Å². The summed E-state index contributed by atoms with van der Waals surface area (Å²) in [5.74, 6) is 0.582. The van der Waals surface area contributed by atoms with E-state index in [9.17, 15) is 4.79 Å². The van der Waals surface area contributed by atoms with Crippen molar-refractivity contribution in [2.45, 2.75) is 32.2 Å². The highest BCUT2D eigenvalue weighted by atomic mass is 16.2. The monoisotopic (exact) mass is 232 g/mol. The first-order chi connectivity index (χ1) is 7.89. The van der Waals surface area contributed by atoms with Gasteiger partial charge >= 0.3 is 0 Å². The Balaban J connectivity index is 2.06. The average molecular weight is 232 g/mol. The minimum absolute atomic E-state index is 0.0863. The first-order valence-electron chi connectivity index (χ1n) is 6.07. The molecule has 2 N–H and O–H groups in total. The molecule has 1 amide bonds. The molecule has 0 unspecified atom stereocenters. The van der Waals surface area contributed by atoms with Gasteiger partial charge in [0, 0.05) is 24.2 Å². The molecular formula is C14H20N2O. The maximum atomic E-state index is 12.1. The molecule has 1 fully saturated rings. The van der Waals surface area contributed by atoms with E-state index < -0.39 is 0 Å². The van der Waals surface area contributed by atoms with Gasteiger partial charge in [-0.15, -0.1) is 0 Å². The summed E-state index contributed by atoms with van der Waals surface area (Å²) in [4.78, 5) is 13.9. The van der Waals surface area contributed by atoms with Crippen molar-refractivity contribution in [3.05, 3.63) is 35.4 Å². The van der Waals surface area contributed by atoms with Gasteiger partial charge in [-0.1, -0.05) is 26.0 Å². The minimum atomic E-state index is -0.201. The number of likely N-dealkylation sites (tertiary alicyclic amines) is 1. The molecule has 3 heteroatoms. The van der Waals surface area contributed by atoms with Gasteiger partial charge < -0.3 is 10.6 Å². The van der Waals surface area contributed by atoms with E-state index in [0.29, 0.717) is 19.0 Å². The van der Waals surface area contributed by atoms with Crippen LogP contribution in [0.25, 0.3) is 0 Å². The van der Waals surface area contributed by atoms with Crippen LogP contribution in [0.15, 0.2) is 24.3 Å². The molecule has 1 saturated heterocycles. The summed E-state index contributed by atoms with van der Waals surface area (Å²) in [7, 11) is 0. The quantitative estimate of drug-likeness (QED) is 0.847. The average Bonchev–Trinajstić information content (AvgIpc) is 2.25. The maximum absolute atomic E-state index is 12.1. The standard InChI is InChI=1S/C14H20N2O/c1-10(2)11-4-6-12(7-5-11)13(17)16-8-14(3,15)9-16/h4-7,10H,8-9,15H2,1-3H3. The third-order valence-electron chi connectivity index (χ3n) is 3.22. The molecule has 0 saturated carbocycles. The third-order valence-corrected chi connectivity index (χ3v) is 3.22. The number of rotatable bonds is 2. The van der Waals surface area contributed by atoms with Gasteiger partial charge in [0.15, 0.2) is 0 Å². The Kier molecular flexibility index (Phi) is 2.96. The highest BCUT2D eigenvalue weighted by Gasteiger charge is 2.37. The number of nitrogens with two attached hydrogens (primary N) is 1. The molecule has 92 valence electrons. The van der Waals surface area contributed by atoms with Gasteiger partial charge in [-0.05, 0) is 30.5 Å². The van der Waals surface area contributed by atoms with Crippen molar-refractivity contribution in [2.75, 3.05) is 13.1 Å². The van der Waals surface area contributed by atoms with Gasteiger partial charge in [-0.3, -0.25) is 4.79 Å². The van der Waals surface area contributed by atoms with Crippen LogP contribution < -0.4 is 5.73 Å². The lowest BCUT2D eigenvalue weighted by atomic mass is 9.92. The zero-order valence-electron chi connectivity index (χ0n) is 10.7. The smallest absolute Gasteiger partial charge is 0.253 e. The van der Waals surface area contributed by atoms with Crippen LogP contribution in [0.5, 0.6) is 0 Å². The molecule has 0 atom stereocenters. The molecule has 0 aromatic heterocycles. The molecule has 3 nitrogen and oxygen atoms in total. The number of amides is 1. The lowest BCUT2D eigenvalue weighted by molar-refractivity contribution is 0.0454. The summed E-state index contributed by atoms with van der Waals surface area (Å²) in [6, 6.07) is 7.87. The Hall–Kier alpha value is -1.35. The highest BCUT2D eigenvalue weighted by Crippen LogP contribution is 2.21.